The van der Waals surface area contributed by atoms with E-state index in [-0.39, 0.29) is 11.9 Å². The fourth-order valence-corrected chi connectivity index (χ4v) is 0.990. The second-order valence-electron chi connectivity index (χ2n) is 2.98. The van der Waals surface area contributed by atoms with Crippen LogP contribution in [0.25, 0.3) is 0 Å². The summed E-state index contributed by atoms with van der Waals surface area (Å²) in [4.78, 5) is 3.67. The first kappa shape index (κ1) is 9.13. The Bertz CT molecular complexity index is 248. The normalized spacial score (nSPS) is 12.9. The predicted octanol–water partition coefficient (Wildman–Crippen LogP) is 1.50. The molecule has 66 valence electrons. The summed E-state index contributed by atoms with van der Waals surface area (Å²) in [6.45, 7) is 1.92. The van der Waals surface area contributed by atoms with Gasteiger partial charge in [-0.1, -0.05) is 0 Å². The van der Waals surface area contributed by atoms with E-state index in [2.05, 4.69) is 4.98 Å². The molecule has 0 radical (unpaired) electrons. The molecule has 1 aromatic heterocycles. The van der Waals surface area contributed by atoms with Crippen LogP contribution in [0.1, 0.15) is 18.9 Å². The van der Waals surface area contributed by atoms with E-state index in [4.69, 9.17) is 5.73 Å². The Balaban J connectivity index is 2.57. The van der Waals surface area contributed by atoms with Gasteiger partial charge in [-0.2, -0.15) is 0 Å². The highest BCUT2D eigenvalue weighted by molar-refractivity contribution is 5.12. The lowest BCUT2D eigenvalue weighted by atomic mass is 10.1. The van der Waals surface area contributed by atoms with Crippen LogP contribution in [0.5, 0.6) is 0 Å². The van der Waals surface area contributed by atoms with Crippen molar-refractivity contribution in [2.45, 2.75) is 25.8 Å². The predicted molar refractivity (Wildman–Crippen MR) is 46.2 cm³/mol. The van der Waals surface area contributed by atoms with Gasteiger partial charge in [0.05, 0.1) is 6.20 Å². The number of nitrogens with zero attached hydrogens (tertiary/aromatic N) is 1. The molecule has 2 N–H and O–H groups in total. The van der Waals surface area contributed by atoms with Crippen LogP contribution >= 0.6 is 0 Å². The molecule has 1 rings (SSSR count). The molecule has 1 heterocycles. The third kappa shape index (κ3) is 2.58. The Morgan fingerprint density at radius 2 is 2.42 bits per heavy atom. The van der Waals surface area contributed by atoms with E-state index < -0.39 is 0 Å². The molecule has 2 nitrogen and oxygen atoms in total. The van der Waals surface area contributed by atoms with Crippen LogP contribution in [0, 0.1) is 5.82 Å². The zero-order valence-corrected chi connectivity index (χ0v) is 7.13. The summed E-state index contributed by atoms with van der Waals surface area (Å²) >= 11 is 0. The summed E-state index contributed by atoms with van der Waals surface area (Å²) in [7, 11) is 0. The number of rotatable bonds is 3. The van der Waals surface area contributed by atoms with Crippen molar-refractivity contribution in [3.63, 3.8) is 0 Å². The van der Waals surface area contributed by atoms with Crippen molar-refractivity contribution in [3.8, 4) is 0 Å². The highest BCUT2D eigenvalue weighted by Gasteiger charge is 2.01. The third-order valence-electron chi connectivity index (χ3n) is 1.73. The third-order valence-corrected chi connectivity index (χ3v) is 1.73. The van der Waals surface area contributed by atoms with Crippen molar-refractivity contribution in [3.05, 3.63) is 29.8 Å². The van der Waals surface area contributed by atoms with Crippen LogP contribution in [0.4, 0.5) is 4.39 Å². The molecule has 0 aliphatic rings. The van der Waals surface area contributed by atoms with Crippen molar-refractivity contribution in [2.75, 3.05) is 0 Å². The minimum atomic E-state index is -0.238. The fraction of sp³-hybridized carbons (Fsp3) is 0.444. The minimum absolute atomic E-state index is 0.123. The quantitative estimate of drug-likeness (QED) is 0.742. The number of halogens is 1. The smallest absolute Gasteiger partial charge is 0.144 e. The van der Waals surface area contributed by atoms with Gasteiger partial charge in [0, 0.05) is 12.2 Å². The van der Waals surface area contributed by atoms with E-state index >= 15 is 0 Å². The molecule has 0 fully saturated rings. The van der Waals surface area contributed by atoms with Crippen molar-refractivity contribution in [1.82, 2.24) is 4.98 Å². The number of hydrogen-bond donors (Lipinski definition) is 1. The Morgan fingerprint density at radius 3 is 3.00 bits per heavy atom. The summed E-state index contributed by atoms with van der Waals surface area (Å²) in [5.41, 5.74) is 6.25. The van der Waals surface area contributed by atoms with Crippen LogP contribution in [0.2, 0.25) is 0 Å². The summed E-state index contributed by atoms with van der Waals surface area (Å²) < 4.78 is 12.9. The van der Waals surface area contributed by atoms with Gasteiger partial charge in [0.2, 0.25) is 0 Å². The van der Waals surface area contributed by atoms with Crippen molar-refractivity contribution in [2.24, 2.45) is 5.73 Å². The first-order valence-corrected chi connectivity index (χ1v) is 4.04. The lowest BCUT2D eigenvalue weighted by Gasteiger charge is -2.04. The van der Waals surface area contributed by atoms with Gasteiger partial charge in [-0.25, -0.2) is 4.39 Å². The molecule has 0 saturated heterocycles. The van der Waals surface area contributed by atoms with Gasteiger partial charge < -0.3 is 5.73 Å². The summed E-state index contributed by atoms with van der Waals surface area (Å²) in [5, 5.41) is 0. The standard InChI is InChI=1S/C9H13FN2/c1-7(11)2-3-8-4-5-12-6-9(8)10/h4-7H,2-3,11H2,1H3/t7-/m1/s1. The average molecular weight is 168 g/mol. The Kier molecular flexibility index (Phi) is 3.17. The largest absolute Gasteiger partial charge is 0.328 e. The molecule has 0 bridgehead atoms. The zero-order valence-electron chi connectivity index (χ0n) is 7.13. The molecule has 0 saturated carbocycles. The van der Waals surface area contributed by atoms with Crippen molar-refractivity contribution >= 4 is 0 Å². The van der Waals surface area contributed by atoms with Crippen LogP contribution in [-0.2, 0) is 6.42 Å². The lowest BCUT2D eigenvalue weighted by molar-refractivity contribution is 0.585. The Labute approximate surface area is 71.6 Å². The molecule has 0 spiro atoms. The van der Waals surface area contributed by atoms with E-state index in [9.17, 15) is 4.39 Å². The number of hydrogen-bond acceptors (Lipinski definition) is 2. The van der Waals surface area contributed by atoms with Crippen LogP contribution in [-0.4, -0.2) is 11.0 Å². The van der Waals surface area contributed by atoms with E-state index in [1.54, 1.807) is 12.3 Å². The van der Waals surface area contributed by atoms with Gasteiger partial charge in [0.15, 0.2) is 0 Å². The number of aryl methyl sites for hydroxylation is 1. The van der Waals surface area contributed by atoms with Gasteiger partial charge >= 0.3 is 0 Å². The molecule has 12 heavy (non-hydrogen) atoms. The van der Waals surface area contributed by atoms with Crippen LogP contribution in [0.15, 0.2) is 18.5 Å². The maximum Gasteiger partial charge on any atom is 0.144 e. The minimum Gasteiger partial charge on any atom is -0.328 e. The first-order valence-electron chi connectivity index (χ1n) is 4.04. The average Bonchev–Trinajstić information content (AvgIpc) is 2.03. The number of aromatic nitrogens is 1. The Morgan fingerprint density at radius 1 is 1.67 bits per heavy atom. The molecule has 0 aliphatic carbocycles. The summed E-state index contributed by atoms with van der Waals surface area (Å²) in [6.07, 6.45) is 4.32. The van der Waals surface area contributed by atoms with Crippen molar-refractivity contribution in [1.29, 1.82) is 0 Å². The second kappa shape index (κ2) is 4.16. The molecule has 0 amide bonds. The van der Waals surface area contributed by atoms with Gasteiger partial charge in [0.1, 0.15) is 5.82 Å². The van der Waals surface area contributed by atoms with E-state index in [0.29, 0.717) is 12.0 Å². The molecule has 0 unspecified atom stereocenters. The maximum atomic E-state index is 12.9. The molecule has 0 aromatic carbocycles. The van der Waals surface area contributed by atoms with Gasteiger partial charge in [-0.15, -0.1) is 0 Å². The van der Waals surface area contributed by atoms with Gasteiger partial charge in [-0.3, -0.25) is 4.98 Å². The number of pyridine rings is 1. The molecule has 1 atom stereocenters. The molecule has 3 heteroatoms. The monoisotopic (exact) mass is 168 g/mol. The van der Waals surface area contributed by atoms with Gasteiger partial charge in [-0.05, 0) is 31.4 Å². The summed E-state index contributed by atoms with van der Waals surface area (Å²) in [6, 6.07) is 1.81. The van der Waals surface area contributed by atoms with E-state index in [0.717, 1.165) is 6.42 Å². The maximum absolute atomic E-state index is 12.9. The van der Waals surface area contributed by atoms with Gasteiger partial charge in [0.25, 0.3) is 0 Å². The fourth-order valence-electron chi connectivity index (χ4n) is 0.990. The number of nitrogens with two attached hydrogens (primary N) is 1. The lowest BCUT2D eigenvalue weighted by Crippen LogP contribution is -2.15. The topological polar surface area (TPSA) is 38.9 Å². The van der Waals surface area contributed by atoms with Crippen LogP contribution in [0.3, 0.4) is 0 Å². The highest BCUT2D eigenvalue weighted by Crippen LogP contribution is 2.07. The first-order chi connectivity index (χ1) is 5.70. The van der Waals surface area contributed by atoms with Crippen molar-refractivity contribution < 1.29 is 4.39 Å². The molecule has 0 aliphatic heterocycles. The SMILES string of the molecule is C[C@@H](N)CCc1ccncc1F. The summed E-state index contributed by atoms with van der Waals surface area (Å²) in [5.74, 6) is -0.238. The molecular weight excluding hydrogens is 155 g/mol. The second-order valence-corrected chi connectivity index (χ2v) is 2.98. The molecule has 1 aromatic rings. The molecular formula is C9H13FN2. The van der Waals surface area contributed by atoms with E-state index in [1.165, 1.54) is 6.20 Å². The zero-order chi connectivity index (χ0) is 8.97. The highest BCUT2D eigenvalue weighted by atomic mass is 19.1. The van der Waals surface area contributed by atoms with E-state index in [1.807, 2.05) is 6.92 Å². The van der Waals surface area contributed by atoms with Crippen LogP contribution < -0.4 is 5.73 Å². The Hall–Kier alpha value is -0.960.